The fourth-order valence-electron chi connectivity index (χ4n) is 2.61. The molecule has 1 aromatic heterocycles. The van der Waals surface area contributed by atoms with E-state index >= 15 is 0 Å². The molecule has 0 radical (unpaired) electrons. The smallest absolute Gasteiger partial charge is 0.239 e. The largest absolute Gasteiger partial charge is 0.326 e. The molecule has 150 valence electrons. The average Bonchev–Trinajstić information content (AvgIpc) is 3.14. The summed E-state index contributed by atoms with van der Waals surface area (Å²) in [6.45, 7) is 3.45. The number of nitrogens with one attached hydrogen (secondary N) is 2. The predicted molar refractivity (Wildman–Crippen MR) is 125 cm³/mol. The number of thioether (sulfide) groups is 1. The Hall–Kier alpha value is -2.16. The molecule has 1 atom stereocenters. The van der Waals surface area contributed by atoms with E-state index in [1.54, 1.807) is 0 Å². The van der Waals surface area contributed by atoms with Crippen molar-refractivity contribution in [3.63, 3.8) is 0 Å². The first-order chi connectivity index (χ1) is 13.9. The van der Waals surface area contributed by atoms with Crippen LogP contribution in [0, 0.1) is 0 Å². The van der Waals surface area contributed by atoms with Crippen molar-refractivity contribution in [3.05, 3.63) is 58.4 Å². The van der Waals surface area contributed by atoms with E-state index < -0.39 is 0 Å². The fourth-order valence-corrected chi connectivity index (χ4v) is 4.61. The standard InChI is InChI=1S/C21H20BrN3O2S2/c1-3-19(29-17-6-4-5-16(11-17)23-13(2)26)20(27)25-21-24-18(12-28-21)14-7-9-15(22)10-8-14/h4-12,19H,3H2,1-2H3,(H,23,26)(H,24,25,27). The molecule has 29 heavy (non-hydrogen) atoms. The maximum atomic E-state index is 12.8. The third kappa shape index (κ3) is 6.16. The molecule has 0 aliphatic heterocycles. The average molecular weight is 490 g/mol. The van der Waals surface area contributed by atoms with Crippen molar-refractivity contribution in [1.29, 1.82) is 0 Å². The van der Waals surface area contributed by atoms with E-state index in [4.69, 9.17) is 0 Å². The van der Waals surface area contributed by atoms with E-state index in [-0.39, 0.29) is 17.1 Å². The lowest BCUT2D eigenvalue weighted by molar-refractivity contribution is -0.116. The Balaban J connectivity index is 1.66. The van der Waals surface area contributed by atoms with Gasteiger partial charge in [0.1, 0.15) is 0 Å². The third-order valence-electron chi connectivity index (χ3n) is 3.97. The molecule has 5 nitrogen and oxygen atoms in total. The zero-order valence-electron chi connectivity index (χ0n) is 15.9. The molecule has 0 fully saturated rings. The zero-order chi connectivity index (χ0) is 20.8. The highest BCUT2D eigenvalue weighted by Crippen LogP contribution is 2.30. The number of carbonyl (C=O) groups is 2. The maximum absolute atomic E-state index is 12.8. The summed E-state index contributed by atoms with van der Waals surface area (Å²) in [7, 11) is 0. The van der Waals surface area contributed by atoms with Gasteiger partial charge < -0.3 is 10.6 Å². The number of nitrogens with zero attached hydrogens (tertiary/aromatic N) is 1. The van der Waals surface area contributed by atoms with Gasteiger partial charge in [0.25, 0.3) is 0 Å². The minimum Gasteiger partial charge on any atom is -0.326 e. The number of hydrogen-bond donors (Lipinski definition) is 2. The quantitative estimate of drug-likeness (QED) is 0.396. The summed E-state index contributed by atoms with van der Waals surface area (Å²) in [5.74, 6) is -0.207. The molecule has 0 saturated carbocycles. The molecule has 1 heterocycles. The summed E-state index contributed by atoms with van der Waals surface area (Å²) in [5.41, 5.74) is 2.56. The van der Waals surface area contributed by atoms with Crippen LogP contribution in [0.15, 0.2) is 63.3 Å². The van der Waals surface area contributed by atoms with Crippen molar-refractivity contribution in [2.75, 3.05) is 10.6 Å². The van der Waals surface area contributed by atoms with Crippen LogP contribution in [-0.4, -0.2) is 22.0 Å². The van der Waals surface area contributed by atoms with Crippen molar-refractivity contribution in [2.45, 2.75) is 30.4 Å². The van der Waals surface area contributed by atoms with Crippen LogP contribution in [0.5, 0.6) is 0 Å². The molecule has 0 bridgehead atoms. The zero-order valence-corrected chi connectivity index (χ0v) is 19.2. The van der Waals surface area contributed by atoms with Crippen LogP contribution in [0.3, 0.4) is 0 Å². The highest BCUT2D eigenvalue weighted by molar-refractivity contribution is 9.10. The summed E-state index contributed by atoms with van der Waals surface area (Å²) >= 11 is 6.30. The lowest BCUT2D eigenvalue weighted by Gasteiger charge is -2.14. The minimum absolute atomic E-state index is 0.0841. The number of thiazole rings is 1. The lowest BCUT2D eigenvalue weighted by atomic mass is 10.2. The Kier molecular flexibility index (Phi) is 7.46. The summed E-state index contributed by atoms with van der Waals surface area (Å²) in [5, 5.41) is 7.95. The van der Waals surface area contributed by atoms with E-state index in [0.29, 0.717) is 11.6 Å². The van der Waals surface area contributed by atoms with E-state index in [2.05, 4.69) is 31.5 Å². The van der Waals surface area contributed by atoms with Crippen LogP contribution in [-0.2, 0) is 9.59 Å². The predicted octanol–water partition coefficient (Wildman–Crippen LogP) is 6.04. The van der Waals surface area contributed by atoms with Crippen LogP contribution in [0.25, 0.3) is 11.3 Å². The number of aromatic nitrogens is 1. The first-order valence-corrected chi connectivity index (χ1v) is 11.6. The number of rotatable bonds is 7. The first-order valence-electron chi connectivity index (χ1n) is 9.01. The molecule has 0 spiro atoms. The Morgan fingerprint density at radius 2 is 1.93 bits per heavy atom. The van der Waals surface area contributed by atoms with Gasteiger partial charge in [-0.05, 0) is 36.8 Å². The molecular weight excluding hydrogens is 470 g/mol. The highest BCUT2D eigenvalue weighted by atomic mass is 79.9. The SMILES string of the molecule is CCC(Sc1cccc(NC(C)=O)c1)C(=O)Nc1nc(-c2ccc(Br)cc2)cs1. The lowest BCUT2D eigenvalue weighted by Crippen LogP contribution is -2.24. The summed E-state index contributed by atoms with van der Waals surface area (Å²) in [4.78, 5) is 29.5. The Bertz CT molecular complexity index is 1010. The van der Waals surface area contributed by atoms with Crippen molar-refractivity contribution < 1.29 is 9.59 Å². The van der Waals surface area contributed by atoms with Gasteiger partial charge >= 0.3 is 0 Å². The number of hydrogen-bond acceptors (Lipinski definition) is 5. The molecule has 2 N–H and O–H groups in total. The molecule has 1 unspecified atom stereocenters. The third-order valence-corrected chi connectivity index (χ3v) is 6.61. The second-order valence-electron chi connectivity index (χ2n) is 6.26. The number of anilines is 2. The summed E-state index contributed by atoms with van der Waals surface area (Å²) in [6, 6.07) is 15.4. The van der Waals surface area contributed by atoms with Crippen LogP contribution in [0.1, 0.15) is 20.3 Å². The summed E-state index contributed by atoms with van der Waals surface area (Å²) < 4.78 is 1.01. The number of halogens is 1. The molecule has 3 rings (SSSR count). The number of benzene rings is 2. The van der Waals surface area contributed by atoms with Gasteiger partial charge in [-0.15, -0.1) is 23.1 Å². The van der Waals surface area contributed by atoms with Gasteiger partial charge in [0.2, 0.25) is 11.8 Å². The molecule has 8 heteroatoms. The van der Waals surface area contributed by atoms with Crippen LogP contribution >= 0.6 is 39.0 Å². The Morgan fingerprint density at radius 1 is 1.17 bits per heavy atom. The van der Waals surface area contributed by atoms with E-state index in [0.717, 1.165) is 26.3 Å². The van der Waals surface area contributed by atoms with Crippen molar-refractivity contribution in [2.24, 2.45) is 0 Å². The fraction of sp³-hybridized carbons (Fsp3) is 0.190. The molecule has 2 aromatic carbocycles. The number of carbonyl (C=O) groups excluding carboxylic acids is 2. The van der Waals surface area contributed by atoms with E-state index in [9.17, 15) is 9.59 Å². The normalized spacial score (nSPS) is 11.7. The molecule has 0 aliphatic rings. The molecular formula is C21H20BrN3O2S2. The van der Waals surface area contributed by atoms with Crippen molar-refractivity contribution in [3.8, 4) is 11.3 Å². The van der Waals surface area contributed by atoms with Gasteiger partial charge in [0.05, 0.1) is 10.9 Å². The summed E-state index contributed by atoms with van der Waals surface area (Å²) in [6.07, 6.45) is 0.672. The van der Waals surface area contributed by atoms with Gasteiger partial charge in [-0.3, -0.25) is 9.59 Å². The minimum atomic E-state index is -0.261. The van der Waals surface area contributed by atoms with Crippen molar-refractivity contribution >= 4 is 61.7 Å². The van der Waals surface area contributed by atoms with Gasteiger partial charge in [-0.2, -0.15) is 0 Å². The molecule has 0 saturated heterocycles. The van der Waals surface area contributed by atoms with Crippen LogP contribution in [0.2, 0.25) is 0 Å². The van der Waals surface area contributed by atoms with Crippen molar-refractivity contribution in [1.82, 2.24) is 4.98 Å². The molecule has 2 amide bonds. The van der Waals surface area contributed by atoms with Crippen LogP contribution < -0.4 is 10.6 Å². The Labute approximate surface area is 186 Å². The van der Waals surface area contributed by atoms with E-state index in [1.807, 2.05) is 60.8 Å². The monoisotopic (exact) mass is 489 g/mol. The van der Waals surface area contributed by atoms with Gasteiger partial charge in [-0.25, -0.2) is 4.98 Å². The molecule has 0 aliphatic carbocycles. The van der Waals surface area contributed by atoms with E-state index in [1.165, 1.54) is 30.0 Å². The van der Waals surface area contributed by atoms with Gasteiger partial charge in [0, 0.05) is 32.9 Å². The van der Waals surface area contributed by atoms with Gasteiger partial charge in [0.15, 0.2) is 5.13 Å². The highest BCUT2D eigenvalue weighted by Gasteiger charge is 2.19. The topological polar surface area (TPSA) is 71.1 Å². The number of amides is 2. The second-order valence-corrected chi connectivity index (χ2v) is 9.31. The van der Waals surface area contributed by atoms with Crippen LogP contribution in [0.4, 0.5) is 10.8 Å². The Morgan fingerprint density at radius 3 is 2.62 bits per heavy atom. The molecule has 3 aromatic rings. The van der Waals surface area contributed by atoms with Gasteiger partial charge in [-0.1, -0.05) is 41.1 Å². The second kappa shape index (κ2) is 10.0. The maximum Gasteiger partial charge on any atom is 0.239 e. The first kappa shape index (κ1) is 21.5.